The first-order chi connectivity index (χ1) is 26.8. The van der Waals surface area contributed by atoms with Crippen LogP contribution in [-0.2, 0) is 32.7 Å². The van der Waals surface area contributed by atoms with Gasteiger partial charge >= 0.3 is 11.9 Å². The zero-order valence-corrected chi connectivity index (χ0v) is 36.4. The Hall–Kier alpha value is -2.37. The van der Waals surface area contributed by atoms with Crippen LogP contribution in [0.15, 0.2) is 60.8 Å². The highest BCUT2D eigenvalue weighted by molar-refractivity contribution is 7.45. The lowest BCUT2D eigenvalue weighted by Gasteiger charge is -2.28. The van der Waals surface area contributed by atoms with Crippen LogP contribution in [-0.4, -0.2) is 92.5 Å². The molecule has 4 atom stereocenters. The maximum Gasteiger partial charge on any atom is 0.306 e. The fraction of sp³-hybridized carbons (Fsp3) is 0.727. The molecular weight excluding hydrogens is 733 g/mol. The van der Waals surface area contributed by atoms with Crippen LogP contribution < -0.4 is 4.89 Å². The van der Waals surface area contributed by atoms with Crippen LogP contribution in [0.25, 0.3) is 0 Å². The van der Waals surface area contributed by atoms with Gasteiger partial charge in [0.2, 0.25) is 0 Å². The van der Waals surface area contributed by atoms with Gasteiger partial charge in [-0.15, -0.1) is 0 Å². The number of aliphatic hydroxyl groups is 2. The molecule has 2 N–H and O–H groups in total. The van der Waals surface area contributed by atoms with Crippen molar-refractivity contribution in [3.05, 3.63) is 60.8 Å². The molecule has 0 heterocycles. The largest absolute Gasteiger partial charge is 0.756 e. The quantitative estimate of drug-likeness (QED) is 0.0155. The van der Waals surface area contributed by atoms with Gasteiger partial charge in [-0.3, -0.25) is 14.2 Å². The molecular formula is C44H78NO10P. The molecule has 0 amide bonds. The van der Waals surface area contributed by atoms with Crippen LogP contribution in [0.2, 0.25) is 0 Å². The Morgan fingerprint density at radius 3 is 1.82 bits per heavy atom. The van der Waals surface area contributed by atoms with Crippen molar-refractivity contribution >= 4 is 19.8 Å². The first-order valence-electron chi connectivity index (χ1n) is 21.2. The standard InChI is InChI=1S/C44H78NO10P/c1-6-8-10-12-14-15-16-17-18-19-20-22-28-34-43(48)52-38-42(39-54-56(50,51)53-37-36-45(3,4)5)55-44(49)35-29-33-41(47)32-27-24-23-26-31-40(46)30-25-21-13-11-9-7-2/h9,11,21,23-27,31-32,40-42,46-47H,6-8,10,12-20,22,28-30,33-39H2,1-5H3/b11-9-,24-23-,25-21-,31-26+,32-27+. The summed E-state index contributed by atoms with van der Waals surface area (Å²) < 4.78 is 33.6. The molecule has 0 bridgehead atoms. The molecule has 0 radical (unpaired) electrons. The summed E-state index contributed by atoms with van der Waals surface area (Å²) in [6.07, 6.45) is 34.5. The van der Waals surface area contributed by atoms with E-state index in [0.29, 0.717) is 36.7 Å². The van der Waals surface area contributed by atoms with Crippen LogP contribution in [0, 0.1) is 0 Å². The maximum absolute atomic E-state index is 12.7. The highest BCUT2D eigenvalue weighted by Crippen LogP contribution is 2.38. The van der Waals surface area contributed by atoms with E-state index in [1.807, 2.05) is 33.3 Å². The Balaban J connectivity index is 4.67. The zero-order valence-electron chi connectivity index (χ0n) is 35.5. The molecule has 0 aromatic heterocycles. The van der Waals surface area contributed by atoms with Gasteiger partial charge in [0.05, 0.1) is 40.0 Å². The van der Waals surface area contributed by atoms with Crippen molar-refractivity contribution in [1.82, 2.24) is 0 Å². The Bertz CT molecular complexity index is 1180. The lowest BCUT2D eigenvalue weighted by molar-refractivity contribution is -0.870. The Morgan fingerprint density at radius 2 is 1.23 bits per heavy atom. The summed E-state index contributed by atoms with van der Waals surface area (Å²) in [5.74, 6) is -1.08. The number of rotatable bonds is 37. The fourth-order valence-corrected chi connectivity index (χ4v) is 6.09. The summed E-state index contributed by atoms with van der Waals surface area (Å²) in [4.78, 5) is 37.5. The van der Waals surface area contributed by atoms with Crippen molar-refractivity contribution < 1.29 is 52.3 Å². The molecule has 0 spiro atoms. The van der Waals surface area contributed by atoms with Crippen LogP contribution >= 0.6 is 7.82 Å². The Kier molecular flexibility index (Phi) is 34.3. The summed E-state index contributed by atoms with van der Waals surface area (Å²) in [7, 11) is 1.00. The molecule has 0 saturated carbocycles. The van der Waals surface area contributed by atoms with Gasteiger partial charge in [0.15, 0.2) is 6.10 Å². The van der Waals surface area contributed by atoms with Crippen LogP contribution in [0.4, 0.5) is 0 Å². The number of phosphoric ester groups is 1. The minimum atomic E-state index is -4.69. The van der Waals surface area contributed by atoms with E-state index in [4.69, 9.17) is 18.5 Å². The van der Waals surface area contributed by atoms with Crippen LogP contribution in [0.5, 0.6) is 0 Å². The second kappa shape index (κ2) is 35.8. The molecule has 0 aromatic carbocycles. The highest BCUT2D eigenvalue weighted by atomic mass is 31.2. The third-order valence-electron chi connectivity index (χ3n) is 8.74. The molecule has 0 fully saturated rings. The van der Waals surface area contributed by atoms with Crippen LogP contribution in [0.1, 0.15) is 142 Å². The number of quaternary nitrogens is 1. The predicted octanol–water partition coefficient (Wildman–Crippen LogP) is 8.99. The number of phosphoric acid groups is 1. The van der Waals surface area contributed by atoms with Gasteiger partial charge in [-0.25, -0.2) is 0 Å². The number of likely N-dealkylation sites (N-methyl/N-ethyl adjacent to an activating group) is 1. The molecule has 4 unspecified atom stereocenters. The summed E-state index contributed by atoms with van der Waals surface area (Å²) in [6.45, 7) is 3.77. The first-order valence-corrected chi connectivity index (χ1v) is 22.7. The van der Waals surface area contributed by atoms with Gasteiger partial charge in [0.25, 0.3) is 7.82 Å². The minimum absolute atomic E-state index is 0.0385. The lowest BCUT2D eigenvalue weighted by Crippen LogP contribution is -2.37. The topological polar surface area (TPSA) is 152 Å². The minimum Gasteiger partial charge on any atom is -0.756 e. The Morgan fingerprint density at radius 1 is 0.679 bits per heavy atom. The second-order valence-electron chi connectivity index (χ2n) is 15.4. The summed E-state index contributed by atoms with van der Waals surface area (Å²) >= 11 is 0. The maximum atomic E-state index is 12.7. The number of hydrogen-bond donors (Lipinski definition) is 2. The van der Waals surface area contributed by atoms with Gasteiger partial charge < -0.3 is 38.1 Å². The van der Waals surface area contributed by atoms with Crippen molar-refractivity contribution in [2.75, 3.05) is 47.5 Å². The zero-order chi connectivity index (χ0) is 41.8. The van der Waals surface area contributed by atoms with Crippen molar-refractivity contribution in [2.24, 2.45) is 0 Å². The number of carbonyl (C=O) groups is 2. The van der Waals surface area contributed by atoms with E-state index in [1.54, 1.807) is 36.5 Å². The molecule has 0 saturated heterocycles. The van der Waals surface area contributed by atoms with Gasteiger partial charge in [0, 0.05) is 12.8 Å². The van der Waals surface area contributed by atoms with E-state index in [1.165, 1.54) is 57.8 Å². The highest BCUT2D eigenvalue weighted by Gasteiger charge is 2.22. The van der Waals surface area contributed by atoms with Crippen LogP contribution in [0.3, 0.4) is 0 Å². The molecule has 56 heavy (non-hydrogen) atoms. The third kappa shape index (κ3) is 38.5. The third-order valence-corrected chi connectivity index (χ3v) is 9.71. The van der Waals surface area contributed by atoms with Crippen molar-refractivity contribution in [1.29, 1.82) is 0 Å². The number of unbranched alkanes of at least 4 members (excludes halogenated alkanes) is 12. The first kappa shape index (κ1) is 53.6. The monoisotopic (exact) mass is 812 g/mol. The van der Waals surface area contributed by atoms with E-state index in [0.717, 1.165) is 32.1 Å². The molecule has 0 aliphatic rings. The van der Waals surface area contributed by atoms with Crippen molar-refractivity contribution in [2.45, 2.75) is 161 Å². The van der Waals surface area contributed by atoms with Gasteiger partial charge in [-0.05, 0) is 38.5 Å². The van der Waals surface area contributed by atoms with Crippen molar-refractivity contribution in [3.8, 4) is 0 Å². The number of nitrogens with zero attached hydrogens (tertiary/aromatic N) is 1. The Labute approximate surface area is 340 Å². The molecule has 0 aliphatic heterocycles. The summed E-state index contributed by atoms with van der Waals surface area (Å²) in [6, 6.07) is 0. The second-order valence-corrected chi connectivity index (χ2v) is 16.8. The van der Waals surface area contributed by atoms with E-state index >= 15 is 0 Å². The van der Waals surface area contributed by atoms with E-state index in [9.17, 15) is 29.3 Å². The number of ether oxygens (including phenoxy) is 2. The number of allylic oxidation sites excluding steroid dienone is 7. The summed E-state index contributed by atoms with van der Waals surface area (Å²) in [5, 5.41) is 20.3. The van der Waals surface area contributed by atoms with Gasteiger partial charge in [-0.2, -0.15) is 0 Å². The number of carbonyl (C=O) groups excluding carboxylic acids is 2. The van der Waals surface area contributed by atoms with Gasteiger partial charge in [0.1, 0.15) is 19.8 Å². The van der Waals surface area contributed by atoms with E-state index in [-0.39, 0.29) is 26.1 Å². The van der Waals surface area contributed by atoms with E-state index in [2.05, 4.69) is 26.0 Å². The smallest absolute Gasteiger partial charge is 0.306 e. The average molecular weight is 812 g/mol. The number of hydrogen-bond acceptors (Lipinski definition) is 10. The summed E-state index contributed by atoms with van der Waals surface area (Å²) in [5.41, 5.74) is 0. The predicted molar refractivity (Wildman–Crippen MR) is 225 cm³/mol. The van der Waals surface area contributed by atoms with Gasteiger partial charge in [-0.1, -0.05) is 152 Å². The molecule has 324 valence electrons. The molecule has 0 aromatic rings. The molecule has 0 rings (SSSR count). The van der Waals surface area contributed by atoms with E-state index < -0.39 is 44.7 Å². The molecule has 12 heteroatoms. The number of aliphatic hydroxyl groups excluding tert-OH is 2. The normalized spacial score (nSPS) is 15.4. The molecule has 0 aliphatic carbocycles. The SMILES string of the molecule is CC/C=C\C/C=C\CC(O)/C=C/C=C\C=C\C(O)CCCC(=O)OC(COC(=O)CCCCCCCCCCCCCCC)COP(=O)([O-])OCC[N+](C)(C)C. The average Bonchev–Trinajstić information content (AvgIpc) is 3.13. The lowest BCUT2D eigenvalue weighted by atomic mass is 10.0. The number of esters is 2. The fourth-order valence-electron chi connectivity index (χ4n) is 5.36. The van der Waals surface area contributed by atoms with Crippen molar-refractivity contribution in [3.63, 3.8) is 0 Å². The molecule has 11 nitrogen and oxygen atoms in total.